The molecule has 0 saturated heterocycles. The maximum Gasteiger partial charge on any atom is 0.283 e. The van der Waals surface area contributed by atoms with Gasteiger partial charge in [-0.3, -0.25) is 4.79 Å². The molecule has 1 atom stereocenters. The van der Waals surface area contributed by atoms with Gasteiger partial charge in [-0.05, 0) is 80.3 Å². The third-order valence-corrected chi connectivity index (χ3v) is 8.12. The second kappa shape index (κ2) is 7.64. The fourth-order valence-electron chi connectivity index (χ4n) is 4.75. The van der Waals surface area contributed by atoms with E-state index in [4.69, 9.17) is 0 Å². The third kappa shape index (κ3) is 3.38. The molecule has 6 nitrogen and oxygen atoms in total. The molecule has 1 aromatic heterocycles. The minimum atomic E-state index is -4.01. The highest BCUT2D eigenvalue weighted by Crippen LogP contribution is 2.36. The Bertz CT molecular complexity index is 1390. The number of hydrogen-bond donors (Lipinski definition) is 0. The van der Waals surface area contributed by atoms with Crippen LogP contribution in [0.4, 0.5) is 4.39 Å². The number of Topliss-reactive ketones (excluding diaryl/α,β-unsaturated/α-hetero) is 1. The average Bonchev–Trinajstić information content (AvgIpc) is 3.35. The minimum Gasteiger partial charge on any atom is -0.302 e. The van der Waals surface area contributed by atoms with Gasteiger partial charge in [0, 0.05) is 24.4 Å². The third-order valence-electron chi connectivity index (χ3n) is 6.54. The van der Waals surface area contributed by atoms with E-state index < -0.39 is 15.8 Å². The lowest BCUT2D eigenvalue weighted by atomic mass is 9.98. The fourth-order valence-corrected chi connectivity index (χ4v) is 6.08. The molecule has 0 amide bonds. The molecule has 0 radical (unpaired) electrons. The number of halogens is 1. The van der Waals surface area contributed by atoms with Gasteiger partial charge in [0.1, 0.15) is 11.6 Å². The Labute approximate surface area is 186 Å². The van der Waals surface area contributed by atoms with Crippen molar-refractivity contribution in [1.29, 1.82) is 0 Å². The Morgan fingerprint density at radius 3 is 2.69 bits per heavy atom. The van der Waals surface area contributed by atoms with Gasteiger partial charge < -0.3 is 4.90 Å². The van der Waals surface area contributed by atoms with Crippen molar-refractivity contribution in [3.63, 3.8) is 0 Å². The Morgan fingerprint density at radius 2 is 1.97 bits per heavy atom. The van der Waals surface area contributed by atoms with Crippen molar-refractivity contribution in [3.05, 3.63) is 65.1 Å². The smallest absolute Gasteiger partial charge is 0.283 e. The van der Waals surface area contributed by atoms with Crippen LogP contribution in [0, 0.1) is 5.82 Å². The highest BCUT2D eigenvalue weighted by molar-refractivity contribution is 7.90. The van der Waals surface area contributed by atoms with Gasteiger partial charge in [-0.25, -0.2) is 4.39 Å². The molecule has 1 unspecified atom stereocenters. The summed E-state index contributed by atoms with van der Waals surface area (Å²) in [6.07, 6.45) is 4.10. The van der Waals surface area contributed by atoms with Crippen LogP contribution in [-0.2, 0) is 21.2 Å². The molecule has 5 rings (SSSR count). The number of ketones is 1. The van der Waals surface area contributed by atoms with E-state index in [9.17, 15) is 17.6 Å². The number of rotatable bonds is 4. The Kier molecular flexibility index (Phi) is 5.02. The number of likely N-dealkylation sites (N-methyl/N-ethyl adjacent to an activating group) is 1. The van der Waals surface area contributed by atoms with E-state index in [1.165, 1.54) is 18.2 Å². The number of fused-ring (bicyclic) bond motifs is 2. The Hall–Kier alpha value is -2.84. The van der Waals surface area contributed by atoms with E-state index in [-0.39, 0.29) is 16.6 Å². The summed E-state index contributed by atoms with van der Waals surface area (Å²) in [7, 11) is -1.99. The lowest BCUT2D eigenvalue weighted by molar-refractivity contribution is -0.118. The molecule has 166 valence electrons. The predicted molar refractivity (Wildman–Crippen MR) is 121 cm³/mol. The molecule has 8 heteroatoms. The summed E-state index contributed by atoms with van der Waals surface area (Å²) in [5.74, 6) is -0.509. The zero-order chi connectivity index (χ0) is 22.6. The number of carbonyl (C=O) groups is 1. The molecule has 0 bridgehead atoms. The van der Waals surface area contributed by atoms with Crippen LogP contribution in [0.3, 0.4) is 0 Å². The number of aromatic nitrogens is 2. The van der Waals surface area contributed by atoms with Crippen LogP contribution in [0.25, 0.3) is 16.5 Å². The van der Waals surface area contributed by atoms with Gasteiger partial charge in [-0.15, -0.1) is 0 Å². The highest BCUT2D eigenvalue weighted by atomic mass is 32.2. The number of hydrogen-bond acceptors (Lipinski definition) is 5. The lowest BCUT2D eigenvalue weighted by Gasteiger charge is -2.21. The zero-order valence-electron chi connectivity index (χ0n) is 18.0. The molecule has 1 aliphatic carbocycles. The number of carbonyl (C=O) groups excluding carboxylic acids is 1. The van der Waals surface area contributed by atoms with Crippen molar-refractivity contribution < 1.29 is 17.6 Å². The van der Waals surface area contributed by atoms with Crippen LogP contribution >= 0.6 is 0 Å². The average molecular weight is 454 g/mol. The van der Waals surface area contributed by atoms with Crippen molar-refractivity contribution in [2.45, 2.75) is 37.0 Å². The molecule has 3 aromatic rings. The van der Waals surface area contributed by atoms with E-state index in [0.717, 1.165) is 33.9 Å². The van der Waals surface area contributed by atoms with Crippen molar-refractivity contribution in [3.8, 4) is 0 Å². The van der Waals surface area contributed by atoms with E-state index in [0.29, 0.717) is 35.9 Å². The van der Waals surface area contributed by atoms with E-state index in [1.807, 2.05) is 13.1 Å². The van der Waals surface area contributed by atoms with Crippen LogP contribution < -0.4 is 0 Å². The number of aryl methyl sites for hydroxylation is 1. The standard InChI is InChI=1S/C24H24FN3O3S/c1-15(29)20-6-3-17-13-19(5-7-21(17)20)32(30,31)28-23-8-4-18(25)14-22(23)24(26-28)16-9-11-27(2)12-10-16/h4-5,7-9,13-14,20H,3,6,10-12H2,1-2H3. The van der Waals surface area contributed by atoms with Crippen LogP contribution in [0.15, 0.2) is 47.4 Å². The molecule has 0 N–H and O–H groups in total. The lowest BCUT2D eigenvalue weighted by Crippen LogP contribution is -2.24. The molecule has 2 heterocycles. The second-order valence-corrected chi connectivity index (χ2v) is 10.4. The van der Waals surface area contributed by atoms with Crippen molar-refractivity contribution in [2.75, 3.05) is 20.1 Å². The molecule has 1 aliphatic heterocycles. The van der Waals surface area contributed by atoms with Crippen LogP contribution in [0.1, 0.15) is 42.5 Å². The predicted octanol–water partition coefficient (Wildman–Crippen LogP) is 3.75. The first-order chi connectivity index (χ1) is 15.3. The largest absolute Gasteiger partial charge is 0.302 e. The summed E-state index contributed by atoms with van der Waals surface area (Å²) in [5.41, 5.74) is 3.57. The molecule has 2 aliphatic rings. The van der Waals surface area contributed by atoms with Gasteiger partial charge in [-0.2, -0.15) is 17.6 Å². The monoisotopic (exact) mass is 453 g/mol. The van der Waals surface area contributed by atoms with Gasteiger partial charge in [0.2, 0.25) is 0 Å². The van der Waals surface area contributed by atoms with E-state index in [1.54, 1.807) is 25.1 Å². The minimum absolute atomic E-state index is 0.0931. The molecule has 32 heavy (non-hydrogen) atoms. The van der Waals surface area contributed by atoms with E-state index >= 15 is 0 Å². The first-order valence-electron chi connectivity index (χ1n) is 10.7. The SMILES string of the molecule is CC(=O)C1CCc2cc(S(=O)(=O)n3nc(C4=CCN(C)CC4)c4cc(F)ccc43)ccc21. The highest BCUT2D eigenvalue weighted by Gasteiger charge is 2.30. The summed E-state index contributed by atoms with van der Waals surface area (Å²) in [6.45, 7) is 3.12. The quantitative estimate of drug-likeness (QED) is 0.602. The summed E-state index contributed by atoms with van der Waals surface area (Å²) >= 11 is 0. The number of benzene rings is 2. The summed E-state index contributed by atoms with van der Waals surface area (Å²) in [6, 6.07) is 9.01. The molecule has 0 fully saturated rings. The van der Waals surface area contributed by atoms with Crippen molar-refractivity contribution in [2.24, 2.45) is 0 Å². The van der Waals surface area contributed by atoms with Crippen molar-refractivity contribution >= 4 is 32.3 Å². The maximum absolute atomic E-state index is 14.1. The van der Waals surface area contributed by atoms with Gasteiger partial charge in [-0.1, -0.05) is 12.1 Å². The molecule has 0 spiro atoms. The van der Waals surface area contributed by atoms with Gasteiger partial charge >= 0.3 is 0 Å². The first kappa shape index (κ1) is 21.0. The van der Waals surface area contributed by atoms with Crippen LogP contribution in [0.5, 0.6) is 0 Å². The summed E-state index contributed by atoms with van der Waals surface area (Å²) in [4.78, 5) is 14.2. The second-order valence-electron chi connectivity index (χ2n) is 8.66. The van der Waals surface area contributed by atoms with Gasteiger partial charge in [0.25, 0.3) is 10.0 Å². The van der Waals surface area contributed by atoms with Crippen molar-refractivity contribution in [1.82, 2.24) is 14.1 Å². The normalized spacial score (nSPS) is 19.2. The maximum atomic E-state index is 14.1. The Morgan fingerprint density at radius 1 is 1.16 bits per heavy atom. The zero-order valence-corrected chi connectivity index (χ0v) is 18.8. The summed E-state index contributed by atoms with van der Waals surface area (Å²) in [5, 5.41) is 4.97. The van der Waals surface area contributed by atoms with Gasteiger partial charge in [0.05, 0.1) is 16.1 Å². The first-order valence-corrected chi connectivity index (χ1v) is 12.1. The molecular weight excluding hydrogens is 429 g/mol. The van der Waals surface area contributed by atoms with Crippen LogP contribution in [0.2, 0.25) is 0 Å². The van der Waals surface area contributed by atoms with E-state index in [2.05, 4.69) is 10.00 Å². The van der Waals surface area contributed by atoms with Gasteiger partial charge in [0.15, 0.2) is 0 Å². The molecule has 2 aromatic carbocycles. The fraction of sp³-hybridized carbons (Fsp3) is 0.333. The molecule has 0 saturated carbocycles. The van der Waals surface area contributed by atoms with Crippen LogP contribution in [-0.4, -0.2) is 48.4 Å². The number of nitrogens with zero attached hydrogens (tertiary/aromatic N) is 3. The molecular formula is C24H24FN3O3S. The topological polar surface area (TPSA) is 72.3 Å². The Balaban J connectivity index is 1.64. The summed E-state index contributed by atoms with van der Waals surface area (Å²) < 4.78 is 42.3.